The standard InChI is InChI=1S/C13H19N5O3/c1-8(2)18-9(5-6-14-18)15-10(19)7-17-11(20)13(3,4)16-12(17)21/h5-6,8H,7H2,1-4H3,(H,15,19)(H,16,21). The van der Waals surface area contributed by atoms with Crippen LogP contribution >= 0.6 is 0 Å². The van der Waals surface area contributed by atoms with E-state index < -0.39 is 23.4 Å². The summed E-state index contributed by atoms with van der Waals surface area (Å²) in [5.41, 5.74) is -0.975. The molecule has 2 N–H and O–H groups in total. The van der Waals surface area contributed by atoms with E-state index in [1.165, 1.54) is 0 Å². The van der Waals surface area contributed by atoms with Crippen molar-refractivity contribution in [2.24, 2.45) is 0 Å². The van der Waals surface area contributed by atoms with Crippen molar-refractivity contribution in [3.63, 3.8) is 0 Å². The molecule has 0 spiro atoms. The van der Waals surface area contributed by atoms with Gasteiger partial charge in [0.2, 0.25) is 5.91 Å². The highest BCUT2D eigenvalue weighted by molar-refractivity contribution is 6.09. The lowest BCUT2D eigenvalue weighted by Crippen LogP contribution is -2.41. The number of imide groups is 1. The maximum Gasteiger partial charge on any atom is 0.325 e. The van der Waals surface area contributed by atoms with Crippen molar-refractivity contribution in [1.29, 1.82) is 0 Å². The SMILES string of the molecule is CC(C)n1nccc1NC(=O)CN1C(=O)NC(C)(C)C1=O. The summed E-state index contributed by atoms with van der Waals surface area (Å²) in [6.45, 7) is 6.74. The van der Waals surface area contributed by atoms with Gasteiger partial charge in [0.25, 0.3) is 5.91 Å². The summed E-state index contributed by atoms with van der Waals surface area (Å²) in [5, 5.41) is 9.28. The minimum absolute atomic E-state index is 0.0888. The Morgan fingerprint density at radius 1 is 1.43 bits per heavy atom. The summed E-state index contributed by atoms with van der Waals surface area (Å²) in [5.74, 6) is -0.333. The first-order valence-corrected chi connectivity index (χ1v) is 6.70. The predicted octanol–water partition coefficient (Wildman–Crippen LogP) is 0.733. The molecule has 8 heteroatoms. The van der Waals surface area contributed by atoms with Crippen LogP contribution in [0.1, 0.15) is 33.7 Å². The van der Waals surface area contributed by atoms with E-state index in [1.54, 1.807) is 30.8 Å². The molecule has 1 aromatic heterocycles. The molecule has 21 heavy (non-hydrogen) atoms. The maximum absolute atomic E-state index is 12.0. The molecule has 0 unspecified atom stereocenters. The van der Waals surface area contributed by atoms with Gasteiger partial charge in [0.05, 0.1) is 6.20 Å². The molecule has 0 bridgehead atoms. The van der Waals surface area contributed by atoms with Gasteiger partial charge in [-0.2, -0.15) is 5.10 Å². The molecule has 2 heterocycles. The topological polar surface area (TPSA) is 96.3 Å². The first-order chi connectivity index (χ1) is 9.72. The second kappa shape index (κ2) is 5.19. The van der Waals surface area contributed by atoms with Gasteiger partial charge in [0.1, 0.15) is 17.9 Å². The number of nitrogens with one attached hydrogen (secondary N) is 2. The van der Waals surface area contributed by atoms with E-state index in [1.807, 2.05) is 13.8 Å². The average molecular weight is 293 g/mol. The van der Waals surface area contributed by atoms with Crippen molar-refractivity contribution in [1.82, 2.24) is 20.0 Å². The van der Waals surface area contributed by atoms with E-state index in [4.69, 9.17) is 0 Å². The van der Waals surface area contributed by atoms with Crippen LogP contribution in [-0.2, 0) is 9.59 Å². The van der Waals surface area contributed by atoms with Crippen LogP contribution in [0.4, 0.5) is 10.6 Å². The Balaban J connectivity index is 2.04. The normalized spacial score (nSPS) is 17.3. The molecule has 4 amide bonds. The van der Waals surface area contributed by atoms with Gasteiger partial charge in [-0.15, -0.1) is 0 Å². The second-order valence-electron chi connectivity index (χ2n) is 5.75. The third-order valence-corrected chi connectivity index (χ3v) is 3.17. The van der Waals surface area contributed by atoms with Crippen LogP contribution in [0.3, 0.4) is 0 Å². The molecule has 1 aromatic rings. The van der Waals surface area contributed by atoms with Crippen LogP contribution in [0, 0.1) is 0 Å². The highest BCUT2D eigenvalue weighted by atomic mass is 16.2. The number of carbonyl (C=O) groups excluding carboxylic acids is 3. The van der Waals surface area contributed by atoms with Gasteiger partial charge in [-0.05, 0) is 27.7 Å². The largest absolute Gasteiger partial charge is 0.325 e. The third-order valence-electron chi connectivity index (χ3n) is 3.17. The van der Waals surface area contributed by atoms with Crippen LogP contribution in [0.25, 0.3) is 0 Å². The summed E-state index contributed by atoms with van der Waals surface area (Å²) >= 11 is 0. The van der Waals surface area contributed by atoms with E-state index in [0.717, 1.165) is 4.90 Å². The molecule has 0 radical (unpaired) electrons. The molecule has 0 atom stereocenters. The summed E-state index contributed by atoms with van der Waals surface area (Å²) in [7, 11) is 0. The van der Waals surface area contributed by atoms with Crippen LogP contribution in [0.15, 0.2) is 12.3 Å². The maximum atomic E-state index is 12.0. The predicted molar refractivity (Wildman–Crippen MR) is 75.6 cm³/mol. The first-order valence-electron chi connectivity index (χ1n) is 6.70. The number of hydrogen-bond donors (Lipinski definition) is 2. The third kappa shape index (κ3) is 2.88. The number of carbonyl (C=O) groups is 3. The van der Waals surface area contributed by atoms with Crippen molar-refractivity contribution in [2.75, 3.05) is 11.9 Å². The fraction of sp³-hybridized carbons (Fsp3) is 0.538. The smallest absolute Gasteiger partial charge is 0.324 e. The molecule has 1 aliphatic heterocycles. The van der Waals surface area contributed by atoms with E-state index >= 15 is 0 Å². The van der Waals surface area contributed by atoms with Crippen molar-refractivity contribution in [3.8, 4) is 0 Å². The molecule has 1 fully saturated rings. The monoisotopic (exact) mass is 293 g/mol. The number of nitrogens with zero attached hydrogens (tertiary/aromatic N) is 3. The zero-order valence-electron chi connectivity index (χ0n) is 12.5. The van der Waals surface area contributed by atoms with E-state index in [9.17, 15) is 14.4 Å². The number of rotatable bonds is 4. The van der Waals surface area contributed by atoms with Crippen LogP contribution in [0.5, 0.6) is 0 Å². The summed E-state index contributed by atoms with van der Waals surface area (Å²) in [4.78, 5) is 36.6. The molecule has 1 aliphatic rings. The van der Waals surface area contributed by atoms with Gasteiger partial charge in [0, 0.05) is 12.1 Å². The lowest BCUT2D eigenvalue weighted by molar-refractivity contribution is -0.132. The lowest BCUT2D eigenvalue weighted by atomic mass is 10.1. The Morgan fingerprint density at radius 3 is 2.62 bits per heavy atom. The molecule has 2 rings (SSSR count). The number of aromatic nitrogens is 2. The van der Waals surface area contributed by atoms with Crippen molar-refractivity contribution < 1.29 is 14.4 Å². The van der Waals surface area contributed by atoms with Gasteiger partial charge in [-0.25, -0.2) is 9.48 Å². The van der Waals surface area contributed by atoms with Crippen molar-refractivity contribution >= 4 is 23.7 Å². The van der Waals surface area contributed by atoms with E-state index in [0.29, 0.717) is 5.82 Å². The summed E-state index contributed by atoms with van der Waals surface area (Å²) in [6, 6.07) is 1.19. The first kappa shape index (κ1) is 15.0. The van der Waals surface area contributed by atoms with Crippen molar-refractivity contribution in [3.05, 3.63) is 12.3 Å². The van der Waals surface area contributed by atoms with Crippen LogP contribution < -0.4 is 10.6 Å². The number of amides is 4. The van der Waals surface area contributed by atoms with Gasteiger partial charge >= 0.3 is 6.03 Å². The van der Waals surface area contributed by atoms with Gasteiger partial charge in [-0.3, -0.25) is 14.5 Å². The minimum Gasteiger partial charge on any atom is -0.324 e. The summed E-state index contributed by atoms with van der Waals surface area (Å²) < 4.78 is 1.65. The molecule has 0 aromatic carbocycles. The van der Waals surface area contributed by atoms with Crippen LogP contribution in [-0.4, -0.2) is 44.6 Å². The zero-order valence-corrected chi connectivity index (χ0v) is 12.5. The highest BCUT2D eigenvalue weighted by Gasteiger charge is 2.44. The van der Waals surface area contributed by atoms with Gasteiger partial charge < -0.3 is 10.6 Å². The zero-order chi connectivity index (χ0) is 15.8. The fourth-order valence-corrected chi connectivity index (χ4v) is 2.11. The number of anilines is 1. The summed E-state index contributed by atoms with van der Waals surface area (Å²) in [6.07, 6.45) is 1.58. The Morgan fingerprint density at radius 2 is 2.10 bits per heavy atom. The molecule has 0 saturated carbocycles. The van der Waals surface area contributed by atoms with Crippen LogP contribution in [0.2, 0.25) is 0 Å². The quantitative estimate of drug-likeness (QED) is 0.800. The average Bonchev–Trinajstić information content (AvgIpc) is 2.88. The Hall–Kier alpha value is -2.38. The van der Waals surface area contributed by atoms with E-state index in [2.05, 4.69) is 15.7 Å². The molecule has 114 valence electrons. The van der Waals surface area contributed by atoms with Crippen molar-refractivity contribution in [2.45, 2.75) is 39.3 Å². The minimum atomic E-state index is -0.975. The molecule has 8 nitrogen and oxygen atoms in total. The lowest BCUT2D eigenvalue weighted by Gasteiger charge is -2.16. The van der Waals surface area contributed by atoms with Gasteiger partial charge in [0.15, 0.2) is 0 Å². The molecular weight excluding hydrogens is 274 g/mol. The van der Waals surface area contributed by atoms with E-state index in [-0.39, 0.29) is 12.6 Å². The molecular formula is C13H19N5O3. The Kier molecular flexibility index (Phi) is 3.71. The number of urea groups is 1. The highest BCUT2D eigenvalue weighted by Crippen LogP contribution is 2.17. The number of hydrogen-bond acceptors (Lipinski definition) is 4. The Labute approximate surface area is 122 Å². The fourth-order valence-electron chi connectivity index (χ4n) is 2.11. The molecule has 1 saturated heterocycles. The molecule has 0 aliphatic carbocycles. The van der Waals surface area contributed by atoms with Gasteiger partial charge in [-0.1, -0.05) is 0 Å². The second-order valence-corrected chi connectivity index (χ2v) is 5.75. The Bertz CT molecular complexity index is 590.